The molecule has 9 heteroatoms. The van der Waals surface area contributed by atoms with Crippen LogP contribution in [0.3, 0.4) is 0 Å². The summed E-state index contributed by atoms with van der Waals surface area (Å²) in [6.45, 7) is 6.77. The van der Waals surface area contributed by atoms with Crippen LogP contribution >= 0.6 is 15.9 Å². The third-order valence-corrected chi connectivity index (χ3v) is 8.24. The molecule has 182 valence electrons. The number of ether oxygens (including phenoxy) is 1. The first-order chi connectivity index (χ1) is 16.8. The number of nitrogens with zero attached hydrogens (tertiary/aromatic N) is 4. The molecule has 1 fully saturated rings. The summed E-state index contributed by atoms with van der Waals surface area (Å²) in [6, 6.07) is 7.85. The Hall–Kier alpha value is -2.59. The summed E-state index contributed by atoms with van der Waals surface area (Å²) in [6.07, 6.45) is 0.127. The molecule has 35 heavy (non-hydrogen) atoms. The lowest BCUT2D eigenvalue weighted by Gasteiger charge is -2.33. The topological polar surface area (TPSA) is 87.9 Å². The fourth-order valence-electron chi connectivity index (χ4n) is 5.54. The number of benzene rings is 1. The van der Waals surface area contributed by atoms with Crippen LogP contribution in [0, 0.1) is 0 Å². The second-order valence-corrected chi connectivity index (χ2v) is 10.7. The molecule has 0 amide bonds. The largest absolute Gasteiger partial charge is 0.458 e. The highest BCUT2D eigenvalue weighted by Gasteiger charge is 2.45. The number of fused-ring (bicyclic) bond motifs is 5. The summed E-state index contributed by atoms with van der Waals surface area (Å²) in [5.74, 6) is -0.706. The summed E-state index contributed by atoms with van der Waals surface area (Å²) in [4.78, 5) is 35.8. The van der Waals surface area contributed by atoms with Gasteiger partial charge in [0.15, 0.2) is 5.60 Å². The van der Waals surface area contributed by atoms with Gasteiger partial charge in [0.25, 0.3) is 5.56 Å². The van der Waals surface area contributed by atoms with E-state index in [-0.39, 0.29) is 18.6 Å². The Balaban J connectivity index is 1.55. The zero-order valence-electron chi connectivity index (χ0n) is 19.8. The molecule has 0 radical (unpaired) electrons. The van der Waals surface area contributed by atoms with Crippen molar-refractivity contribution in [2.45, 2.75) is 38.6 Å². The SMILES string of the molecule is CC[C@@]1(O)C(=O)OCc2c1cc1n(c2=O)Cc2c-1nc1ccc(Br)cc1c2CN1CCN(C)CC1. The first-order valence-corrected chi connectivity index (χ1v) is 12.8. The molecule has 2 aromatic heterocycles. The summed E-state index contributed by atoms with van der Waals surface area (Å²) in [7, 11) is 2.14. The van der Waals surface area contributed by atoms with Crippen molar-refractivity contribution in [1.82, 2.24) is 19.4 Å². The van der Waals surface area contributed by atoms with Gasteiger partial charge in [-0.25, -0.2) is 9.78 Å². The second-order valence-electron chi connectivity index (χ2n) is 9.76. The molecule has 5 heterocycles. The number of likely N-dealkylation sites (N-methyl/N-ethyl adjacent to an activating group) is 1. The van der Waals surface area contributed by atoms with Gasteiger partial charge in [-0.3, -0.25) is 9.69 Å². The molecule has 0 bridgehead atoms. The molecule has 0 aliphatic carbocycles. The van der Waals surface area contributed by atoms with Crippen LogP contribution < -0.4 is 5.56 Å². The summed E-state index contributed by atoms with van der Waals surface area (Å²) >= 11 is 3.61. The highest BCUT2D eigenvalue weighted by molar-refractivity contribution is 9.10. The van der Waals surface area contributed by atoms with Gasteiger partial charge in [-0.2, -0.15) is 0 Å². The first-order valence-electron chi connectivity index (χ1n) is 12.0. The van der Waals surface area contributed by atoms with Gasteiger partial charge in [0.2, 0.25) is 0 Å². The second kappa shape index (κ2) is 8.23. The number of hydrogen-bond acceptors (Lipinski definition) is 7. The lowest BCUT2D eigenvalue weighted by molar-refractivity contribution is -0.172. The number of hydrogen-bond donors (Lipinski definition) is 1. The van der Waals surface area contributed by atoms with Crippen LogP contribution in [0.4, 0.5) is 0 Å². The zero-order chi connectivity index (χ0) is 24.5. The van der Waals surface area contributed by atoms with E-state index in [4.69, 9.17) is 9.72 Å². The van der Waals surface area contributed by atoms with E-state index in [0.717, 1.165) is 59.4 Å². The van der Waals surface area contributed by atoms with Crippen LogP contribution in [0.2, 0.25) is 0 Å². The first kappa shape index (κ1) is 22.8. The van der Waals surface area contributed by atoms with Crippen molar-refractivity contribution in [1.29, 1.82) is 0 Å². The number of piperazine rings is 1. The normalized spacial score (nSPS) is 22.1. The number of halogens is 1. The van der Waals surface area contributed by atoms with Crippen LogP contribution in [-0.2, 0) is 34.8 Å². The van der Waals surface area contributed by atoms with E-state index in [0.29, 0.717) is 23.4 Å². The molecule has 1 aromatic carbocycles. The average Bonchev–Trinajstić information content (AvgIpc) is 3.22. The number of rotatable bonds is 3. The smallest absolute Gasteiger partial charge is 0.343 e. The predicted molar refractivity (Wildman–Crippen MR) is 135 cm³/mol. The Morgan fingerprint density at radius 3 is 2.66 bits per heavy atom. The highest BCUT2D eigenvalue weighted by Crippen LogP contribution is 2.40. The fourth-order valence-corrected chi connectivity index (χ4v) is 5.91. The van der Waals surface area contributed by atoms with Crippen molar-refractivity contribution >= 4 is 32.8 Å². The van der Waals surface area contributed by atoms with E-state index in [1.165, 1.54) is 5.56 Å². The molecule has 3 aliphatic heterocycles. The van der Waals surface area contributed by atoms with Gasteiger partial charge in [-0.15, -0.1) is 0 Å². The number of carbonyl (C=O) groups excluding carboxylic acids is 1. The minimum absolute atomic E-state index is 0.123. The standard InChI is InChI=1S/C26H27BrN4O4/c1-3-26(34)20-11-22-23-18(13-31(22)24(32)19(20)14-35-25(26)33)17(12-30-8-6-29(2)7-9-30)16-10-15(27)4-5-21(16)28-23/h4-5,10-11,34H,3,6-9,12-14H2,1-2H3/t26-/m0/s1. The Morgan fingerprint density at radius 2 is 1.91 bits per heavy atom. The Bertz CT molecular complexity index is 1440. The molecule has 1 N–H and O–H groups in total. The Morgan fingerprint density at radius 1 is 1.14 bits per heavy atom. The lowest BCUT2D eigenvalue weighted by atomic mass is 9.86. The number of aliphatic hydroxyl groups is 1. The van der Waals surface area contributed by atoms with Gasteiger partial charge in [-0.1, -0.05) is 22.9 Å². The third-order valence-electron chi connectivity index (χ3n) is 7.75. The van der Waals surface area contributed by atoms with Crippen LogP contribution in [-0.4, -0.2) is 63.7 Å². The van der Waals surface area contributed by atoms with Crippen molar-refractivity contribution < 1.29 is 14.6 Å². The number of cyclic esters (lactones) is 1. The molecule has 0 unspecified atom stereocenters. The van der Waals surface area contributed by atoms with Crippen LogP contribution in [0.5, 0.6) is 0 Å². The Kier molecular flexibility index (Phi) is 5.37. The van der Waals surface area contributed by atoms with E-state index in [9.17, 15) is 14.7 Å². The molecule has 8 nitrogen and oxygen atoms in total. The van der Waals surface area contributed by atoms with Gasteiger partial charge in [-0.05, 0) is 43.3 Å². The van der Waals surface area contributed by atoms with Crippen LogP contribution in [0.15, 0.2) is 33.5 Å². The predicted octanol–water partition coefficient (Wildman–Crippen LogP) is 2.59. The highest BCUT2D eigenvalue weighted by atomic mass is 79.9. The molecule has 0 saturated carbocycles. The van der Waals surface area contributed by atoms with Crippen molar-refractivity contribution in [3.8, 4) is 11.4 Å². The summed E-state index contributed by atoms with van der Waals surface area (Å²) in [5.41, 5.74) is 3.10. The maximum atomic E-state index is 13.6. The molecular weight excluding hydrogens is 512 g/mol. The zero-order valence-corrected chi connectivity index (χ0v) is 21.4. The maximum Gasteiger partial charge on any atom is 0.343 e. The lowest BCUT2D eigenvalue weighted by Crippen LogP contribution is -2.44. The number of carbonyl (C=O) groups is 1. The van der Waals surface area contributed by atoms with E-state index in [2.05, 4.69) is 38.8 Å². The van der Waals surface area contributed by atoms with Crippen molar-refractivity contribution in [2.24, 2.45) is 0 Å². The van der Waals surface area contributed by atoms with Crippen LogP contribution in [0.25, 0.3) is 22.3 Å². The third kappa shape index (κ3) is 3.48. The molecule has 1 saturated heterocycles. The molecule has 3 aromatic rings. The monoisotopic (exact) mass is 538 g/mol. The van der Waals surface area contributed by atoms with Crippen molar-refractivity contribution in [2.75, 3.05) is 33.2 Å². The minimum Gasteiger partial charge on any atom is -0.458 e. The van der Waals surface area contributed by atoms with Gasteiger partial charge in [0, 0.05) is 53.7 Å². The molecule has 3 aliphatic rings. The summed E-state index contributed by atoms with van der Waals surface area (Å²) in [5, 5.41) is 12.2. The molecule has 6 rings (SSSR count). The Labute approximate surface area is 211 Å². The summed E-state index contributed by atoms with van der Waals surface area (Å²) < 4.78 is 7.90. The van der Waals surface area contributed by atoms with Crippen molar-refractivity contribution in [3.05, 3.63) is 61.3 Å². The fraction of sp³-hybridized carbons (Fsp3) is 0.423. The number of esters is 1. The maximum absolute atomic E-state index is 13.6. The van der Waals surface area contributed by atoms with Gasteiger partial charge in [0.1, 0.15) is 6.61 Å². The van der Waals surface area contributed by atoms with Gasteiger partial charge >= 0.3 is 5.97 Å². The van der Waals surface area contributed by atoms with Gasteiger partial charge in [0.05, 0.1) is 29.0 Å². The van der Waals surface area contributed by atoms with Gasteiger partial charge < -0.3 is 19.3 Å². The molecule has 1 atom stereocenters. The number of aromatic nitrogens is 2. The number of pyridine rings is 2. The minimum atomic E-state index is -1.82. The van der Waals surface area contributed by atoms with E-state index < -0.39 is 11.6 Å². The molecular formula is C26H27BrN4O4. The van der Waals surface area contributed by atoms with E-state index in [1.54, 1.807) is 17.6 Å². The van der Waals surface area contributed by atoms with Crippen LogP contribution in [0.1, 0.15) is 35.6 Å². The quantitative estimate of drug-likeness (QED) is 0.401. The average molecular weight is 539 g/mol. The molecule has 0 spiro atoms. The van der Waals surface area contributed by atoms with Crippen molar-refractivity contribution in [3.63, 3.8) is 0 Å². The van der Waals surface area contributed by atoms with E-state index >= 15 is 0 Å². The van der Waals surface area contributed by atoms with E-state index in [1.807, 2.05) is 12.1 Å².